The number of fused-ring (bicyclic) bond motifs is 1. The Hall–Kier alpha value is -2.54. The van der Waals surface area contributed by atoms with Gasteiger partial charge in [-0.05, 0) is 48.6 Å². The molecule has 0 saturated heterocycles. The number of aliphatic carboxylic acids is 1. The average Bonchev–Trinajstić information content (AvgIpc) is 3.27. The van der Waals surface area contributed by atoms with Gasteiger partial charge in [-0.3, -0.25) is 0 Å². The van der Waals surface area contributed by atoms with Gasteiger partial charge in [0, 0.05) is 5.56 Å². The molecule has 28 heavy (non-hydrogen) atoms. The summed E-state index contributed by atoms with van der Waals surface area (Å²) in [6.07, 6.45) is -2.45. The van der Waals surface area contributed by atoms with Crippen LogP contribution in [0.1, 0.15) is 40.7 Å². The van der Waals surface area contributed by atoms with Gasteiger partial charge in [-0.2, -0.15) is 0 Å². The number of carbonyl (C=O) groups is 1. The fourth-order valence-corrected chi connectivity index (χ4v) is 3.31. The zero-order chi connectivity index (χ0) is 20.4. The van der Waals surface area contributed by atoms with Crippen LogP contribution in [0.15, 0.2) is 36.4 Å². The Labute approximate surface area is 160 Å². The highest BCUT2D eigenvalue weighted by Gasteiger charge is 2.53. The number of aliphatic hydroxyl groups excluding tert-OH is 1. The molecule has 7 heteroatoms. The van der Waals surface area contributed by atoms with E-state index in [4.69, 9.17) is 14.9 Å². The zero-order valence-corrected chi connectivity index (χ0v) is 15.2. The molecule has 1 heterocycles. The van der Waals surface area contributed by atoms with E-state index in [1.807, 2.05) is 12.1 Å². The van der Waals surface area contributed by atoms with E-state index in [9.17, 15) is 18.0 Å². The number of carboxylic acid groups (broad SMARTS) is 1. The summed E-state index contributed by atoms with van der Waals surface area (Å²) in [5, 5.41) is 17.6. The molecule has 1 aliphatic heterocycles. The van der Waals surface area contributed by atoms with E-state index in [2.05, 4.69) is 0 Å². The maximum Gasteiger partial charge on any atom is 0.337 e. The maximum atomic E-state index is 13.0. The van der Waals surface area contributed by atoms with Crippen molar-refractivity contribution in [3.63, 3.8) is 0 Å². The van der Waals surface area contributed by atoms with Gasteiger partial charge in [-0.1, -0.05) is 24.3 Å². The number of aryl methyl sites for hydroxylation is 2. The van der Waals surface area contributed by atoms with Crippen LogP contribution in [-0.4, -0.2) is 35.1 Å². The molecule has 2 aliphatic rings. The molecule has 1 saturated carbocycles. The quantitative estimate of drug-likeness (QED) is 0.825. The van der Waals surface area contributed by atoms with Gasteiger partial charge in [0.05, 0.1) is 12.5 Å². The van der Waals surface area contributed by atoms with E-state index in [-0.39, 0.29) is 5.56 Å². The molecule has 1 aliphatic carbocycles. The minimum Gasteiger partial charge on any atom is -0.493 e. The Morgan fingerprint density at radius 1 is 1.21 bits per heavy atom. The summed E-state index contributed by atoms with van der Waals surface area (Å²) in [4.78, 5) is 10.4. The van der Waals surface area contributed by atoms with Gasteiger partial charge >= 0.3 is 5.97 Å². The van der Waals surface area contributed by atoms with Crippen LogP contribution < -0.4 is 4.74 Å². The third kappa shape index (κ3) is 4.14. The summed E-state index contributed by atoms with van der Waals surface area (Å²) in [6, 6.07) is 9.63. The van der Waals surface area contributed by atoms with Crippen LogP contribution in [0.4, 0.5) is 13.2 Å². The minimum atomic E-state index is -1.79. The average molecular weight is 394 g/mol. The van der Waals surface area contributed by atoms with Crippen molar-refractivity contribution in [2.24, 2.45) is 0 Å². The van der Waals surface area contributed by atoms with E-state index in [0.717, 1.165) is 42.4 Å². The molecule has 0 bridgehead atoms. The normalized spacial score (nSPS) is 23.5. The van der Waals surface area contributed by atoms with Crippen molar-refractivity contribution in [1.82, 2.24) is 0 Å². The Kier molecular flexibility index (Phi) is 5.93. The molecule has 0 amide bonds. The summed E-state index contributed by atoms with van der Waals surface area (Å²) >= 11 is 0. The van der Waals surface area contributed by atoms with E-state index in [0.29, 0.717) is 5.56 Å². The second-order valence-corrected chi connectivity index (χ2v) is 6.94. The number of aliphatic hydroxyl groups is 1. The van der Waals surface area contributed by atoms with Crippen molar-refractivity contribution in [3.05, 3.63) is 64.5 Å². The lowest BCUT2D eigenvalue weighted by molar-refractivity contribution is -0.147. The lowest BCUT2D eigenvalue weighted by Gasteiger charge is -2.17. The number of hydrogen-bond donors (Lipinski definition) is 2. The second-order valence-electron chi connectivity index (χ2n) is 6.94. The number of hydrogen-bond acceptors (Lipinski definition) is 3. The molecule has 0 aromatic heterocycles. The molecule has 2 aromatic carbocycles. The summed E-state index contributed by atoms with van der Waals surface area (Å²) in [5.41, 5.74) is 2.12. The van der Waals surface area contributed by atoms with Crippen molar-refractivity contribution >= 4 is 5.97 Å². The molecule has 0 spiro atoms. The molecule has 0 radical (unpaired) electrons. The Bertz CT molecular complexity index is 842. The van der Waals surface area contributed by atoms with Crippen molar-refractivity contribution in [1.29, 1.82) is 0 Å². The van der Waals surface area contributed by atoms with Crippen LogP contribution >= 0.6 is 0 Å². The van der Waals surface area contributed by atoms with E-state index < -0.39 is 36.2 Å². The Balaban J connectivity index is 0.000000163. The van der Waals surface area contributed by atoms with Gasteiger partial charge in [-0.25, -0.2) is 18.0 Å². The SMILES string of the molecule is Cc1cccc(F)c1C(O)C(=O)O.FC1C(F)C1c1ccc2c(c1)CCCO2. The zero-order valence-electron chi connectivity index (χ0n) is 15.2. The summed E-state index contributed by atoms with van der Waals surface area (Å²) < 4.78 is 44.2. The van der Waals surface area contributed by atoms with Gasteiger partial charge in [0.25, 0.3) is 0 Å². The van der Waals surface area contributed by atoms with Gasteiger partial charge in [-0.15, -0.1) is 0 Å². The van der Waals surface area contributed by atoms with E-state index in [1.54, 1.807) is 19.1 Å². The van der Waals surface area contributed by atoms with Crippen LogP contribution in [0.25, 0.3) is 0 Å². The third-order valence-electron chi connectivity index (χ3n) is 4.95. The highest BCUT2D eigenvalue weighted by molar-refractivity contribution is 5.74. The molecule has 3 atom stereocenters. The molecule has 1 fully saturated rings. The lowest BCUT2D eigenvalue weighted by Crippen LogP contribution is -2.13. The standard InChI is InChI=1S/C12H12F2O.C9H9FO3/c13-11-10(12(11)14)8-3-4-9-7(6-8)2-1-5-15-9;1-5-3-2-4-6(10)7(5)8(11)9(12)13/h3-4,6,10-12H,1-2,5H2;2-4,8,11H,1H3,(H,12,13). The first-order valence-electron chi connectivity index (χ1n) is 9.01. The molecule has 150 valence electrons. The molecule has 3 unspecified atom stereocenters. The predicted molar refractivity (Wildman–Crippen MR) is 96.5 cm³/mol. The largest absolute Gasteiger partial charge is 0.493 e. The molecule has 2 aromatic rings. The van der Waals surface area contributed by atoms with E-state index in [1.165, 1.54) is 6.07 Å². The van der Waals surface area contributed by atoms with E-state index >= 15 is 0 Å². The molecule has 2 N–H and O–H groups in total. The Morgan fingerprint density at radius 3 is 2.54 bits per heavy atom. The van der Waals surface area contributed by atoms with Crippen LogP contribution in [0, 0.1) is 12.7 Å². The third-order valence-corrected chi connectivity index (χ3v) is 4.95. The topological polar surface area (TPSA) is 66.8 Å². The fourth-order valence-electron chi connectivity index (χ4n) is 3.31. The molecular weight excluding hydrogens is 373 g/mol. The van der Waals surface area contributed by atoms with Gasteiger partial charge in [0.15, 0.2) is 6.10 Å². The van der Waals surface area contributed by atoms with Crippen molar-refractivity contribution in [2.45, 2.75) is 44.1 Å². The first-order valence-corrected chi connectivity index (χ1v) is 9.01. The highest BCUT2D eigenvalue weighted by Crippen LogP contribution is 2.47. The Morgan fingerprint density at radius 2 is 1.93 bits per heavy atom. The predicted octanol–water partition coefficient (Wildman–Crippen LogP) is 4.04. The summed E-state index contributed by atoms with van der Waals surface area (Å²) in [6.45, 7) is 2.29. The first kappa shape index (κ1) is 20.2. The maximum absolute atomic E-state index is 13.0. The molecule has 4 rings (SSSR count). The van der Waals surface area contributed by atoms with Crippen molar-refractivity contribution in [3.8, 4) is 5.75 Å². The number of halogens is 3. The second kappa shape index (κ2) is 8.22. The number of alkyl halides is 2. The molecule has 4 nitrogen and oxygen atoms in total. The fraction of sp³-hybridized carbons (Fsp3) is 0.381. The number of benzene rings is 2. The van der Waals surface area contributed by atoms with Crippen LogP contribution in [0.2, 0.25) is 0 Å². The van der Waals surface area contributed by atoms with Crippen molar-refractivity contribution in [2.75, 3.05) is 6.61 Å². The lowest BCUT2D eigenvalue weighted by atomic mass is 10.0. The molecular formula is C21H21F3O4. The summed E-state index contributed by atoms with van der Waals surface area (Å²) in [5.74, 6) is -1.81. The van der Waals surface area contributed by atoms with Gasteiger partial charge < -0.3 is 14.9 Å². The number of rotatable bonds is 3. The highest BCUT2D eigenvalue weighted by atomic mass is 19.2. The van der Waals surface area contributed by atoms with Gasteiger partial charge in [0.2, 0.25) is 0 Å². The monoisotopic (exact) mass is 394 g/mol. The summed E-state index contributed by atoms with van der Waals surface area (Å²) in [7, 11) is 0. The first-order chi connectivity index (χ1) is 13.3. The smallest absolute Gasteiger partial charge is 0.337 e. The minimum absolute atomic E-state index is 0.171. The van der Waals surface area contributed by atoms with Crippen LogP contribution in [0.5, 0.6) is 5.75 Å². The van der Waals surface area contributed by atoms with Crippen molar-refractivity contribution < 1.29 is 32.9 Å². The van der Waals surface area contributed by atoms with Crippen LogP contribution in [-0.2, 0) is 11.2 Å². The van der Waals surface area contributed by atoms with Gasteiger partial charge in [0.1, 0.15) is 23.9 Å². The van der Waals surface area contributed by atoms with Crippen LogP contribution in [0.3, 0.4) is 0 Å². The number of ether oxygens (including phenoxy) is 1. The number of carboxylic acids is 1.